The van der Waals surface area contributed by atoms with E-state index in [9.17, 15) is 8.42 Å². The van der Waals surface area contributed by atoms with Crippen LogP contribution in [0, 0.1) is 25.2 Å². The number of furan rings is 1. The van der Waals surface area contributed by atoms with Gasteiger partial charge in [0.15, 0.2) is 0 Å². The predicted molar refractivity (Wildman–Crippen MR) is 169 cm³/mol. The maximum Gasteiger partial charge on any atom is 0.245 e. The minimum atomic E-state index is -3.58. The molecule has 3 N–H and O–H groups in total. The van der Waals surface area contributed by atoms with E-state index in [4.69, 9.17) is 14.1 Å². The second-order valence-electron chi connectivity index (χ2n) is 14.1. The number of sulfonamides is 1. The molecular formula is C33H46N6O4S. The number of aryl methyl sites for hydroxylation is 2. The van der Waals surface area contributed by atoms with Crippen molar-refractivity contribution < 1.29 is 17.6 Å². The molecule has 2 aliphatic carbocycles. The molecule has 2 saturated carbocycles. The first kappa shape index (κ1) is 30.3. The molecule has 2 saturated heterocycles. The highest BCUT2D eigenvalue weighted by Crippen LogP contribution is 2.50. The molecule has 4 aliphatic rings. The molecule has 5 unspecified atom stereocenters. The highest BCUT2D eigenvalue weighted by atomic mass is 32.2. The standard InChI is InChI=1S/C33H46N6O4S/c1-21-6-4-7-22(2)30(21)28-15-29-37-32(36-28)38-44(40,41)26-9-5-8-23(14-26)18-39(25(20-43-29)16-33(3)11-12-33)19-24-17-34-31-27(35-24)10-13-42-31/h4,6-7,10,13,17,23,25-26,28-29,32,36-38H,5,8-9,11-12,14-16,18-20H2,1-3H3/t23?,25-,26?,28?,29?,32?/m1/s1. The molecule has 4 heterocycles. The number of fused-ring (bicyclic) bond motifs is 5. The van der Waals surface area contributed by atoms with Crippen LogP contribution in [0.15, 0.2) is 41.1 Å². The zero-order valence-corrected chi connectivity index (χ0v) is 26.9. The maximum absolute atomic E-state index is 13.9. The first-order valence-corrected chi connectivity index (χ1v) is 17.8. The molecule has 10 nitrogen and oxygen atoms in total. The van der Waals surface area contributed by atoms with Crippen LogP contribution in [0.1, 0.15) is 86.7 Å². The van der Waals surface area contributed by atoms with Crippen LogP contribution in [0.3, 0.4) is 0 Å². The zero-order valence-electron chi connectivity index (χ0n) is 26.1. The molecule has 0 spiro atoms. The molecule has 11 heteroatoms. The third kappa shape index (κ3) is 6.59. The number of hydrogen-bond donors (Lipinski definition) is 3. The normalized spacial score (nSPS) is 32.3. The molecule has 0 amide bonds. The van der Waals surface area contributed by atoms with E-state index < -0.39 is 21.6 Å². The lowest BCUT2D eigenvalue weighted by atomic mass is 9.87. The minimum Gasteiger partial charge on any atom is -0.445 e. The van der Waals surface area contributed by atoms with Gasteiger partial charge in [-0.05, 0) is 80.4 Å². The molecule has 4 fully saturated rings. The Morgan fingerprint density at radius 3 is 2.70 bits per heavy atom. The summed E-state index contributed by atoms with van der Waals surface area (Å²) in [5, 5.41) is 6.62. The van der Waals surface area contributed by atoms with E-state index in [-0.39, 0.29) is 24.2 Å². The molecule has 238 valence electrons. The molecule has 7 rings (SSSR count). The third-order valence-corrected chi connectivity index (χ3v) is 12.3. The Morgan fingerprint density at radius 1 is 1.09 bits per heavy atom. The fourth-order valence-corrected chi connectivity index (χ4v) is 9.42. The van der Waals surface area contributed by atoms with E-state index in [1.807, 2.05) is 12.3 Å². The van der Waals surface area contributed by atoms with Gasteiger partial charge in [0.2, 0.25) is 15.7 Å². The van der Waals surface area contributed by atoms with Gasteiger partial charge in [-0.15, -0.1) is 0 Å². The van der Waals surface area contributed by atoms with E-state index in [2.05, 4.69) is 64.2 Å². The largest absolute Gasteiger partial charge is 0.445 e. The van der Waals surface area contributed by atoms with Crippen LogP contribution in [0.4, 0.5) is 0 Å². The number of rotatable bonds is 5. The molecule has 4 bridgehead atoms. The van der Waals surface area contributed by atoms with Gasteiger partial charge in [-0.3, -0.25) is 15.5 Å². The molecule has 44 heavy (non-hydrogen) atoms. The van der Waals surface area contributed by atoms with Crippen molar-refractivity contribution in [3.63, 3.8) is 0 Å². The van der Waals surface area contributed by atoms with Gasteiger partial charge in [-0.2, -0.15) is 4.72 Å². The highest BCUT2D eigenvalue weighted by Gasteiger charge is 2.43. The number of nitrogens with one attached hydrogen (secondary N) is 3. The fraction of sp³-hybridized carbons (Fsp3) is 0.636. The fourth-order valence-electron chi connectivity index (χ4n) is 7.76. The number of ether oxygens (including phenoxy) is 1. The summed E-state index contributed by atoms with van der Waals surface area (Å²) in [6, 6.07) is 8.30. The number of hydrogen-bond acceptors (Lipinski definition) is 9. The second-order valence-corrected chi connectivity index (χ2v) is 16.1. The average molecular weight is 623 g/mol. The Balaban J connectivity index is 1.22. The van der Waals surface area contributed by atoms with Gasteiger partial charge in [0.05, 0.1) is 30.0 Å². The van der Waals surface area contributed by atoms with Crippen molar-refractivity contribution in [3.8, 4) is 0 Å². The summed E-state index contributed by atoms with van der Waals surface area (Å²) in [5.74, 6) is 0.272. The smallest absolute Gasteiger partial charge is 0.245 e. The molecule has 6 atom stereocenters. The van der Waals surface area contributed by atoms with Crippen LogP contribution in [0.2, 0.25) is 0 Å². The van der Waals surface area contributed by atoms with Gasteiger partial charge in [-0.1, -0.05) is 31.5 Å². The van der Waals surface area contributed by atoms with Crippen LogP contribution in [-0.4, -0.2) is 60.2 Å². The summed E-state index contributed by atoms with van der Waals surface area (Å²) in [6.45, 7) is 8.64. The van der Waals surface area contributed by atoms with Crippen molar-refractivity contribution in [1.29, 1.82) is 0 Å². The highest BCUT2D eigenvalue weighted by molar-refractivity contribution is 7.90. The Hall–Kier alpha value is -2.41. The Bertz CT molecular complexity index is 1570. The summed E-state index contributed by atoms with van der Waals surface area (Å²) < 4.78 is 42.9. The number of benzene rings is 1. The number of aromatic nitrogens is 2. The SMILES string of the molecule is Cc1cccc(C)c1C1CC2NC(N1)NS(=O)(=O)C1CCCC(C1)CN(Cc1cnc3occc3n1)[C@H](CC1(C)CC1)CO2. The summed E-state index contributed by atoms with van der Waals surface area (Å²) in [4.78, 5) is 11.9. The van der Waals surface area contributed by atoms with Crippen LogP contribution < -0.4 is 15.4 Å². The first-order valence-electron chi connectivity index (χ1n) is 16.3. The van der Waals surface area contributed by atoms with E-state index >= 15 is 0 Å². The van der Waals surface area contributed by atoms with Gasteiger partial charge in [0.1, 0.15) is 18.0 Å². The van der Waals surface area contributed by atoms with Crippen LogP contribution in [0.25, 0.3) is 11.2 Å². The first-order chi connectivity index (χ1) is 21.1. The molecule has 3 aromatic rings. The monoisotopic (exact) mass is 622 g/mol. The lowest BCUT2D eigenvalue weighted by molar-refractivity contribution is -0.0496. The Morgan fingerprint density at radius 2 is 1.91 bits per heavy atom. The van der Waals surface area contributed by atoms with Crippen molar-refractivity contribution in [1.82, 2.24) is 30.2 Å². The minimum absolute atomic E-state index is 0.0492. The average Bonchev–Trinajstić information content (AvgIpc) is 3.52. The molecule has 1 aromatic carbocycles. The van der Waals surface area contributed by atoms with Crippen LogP contribution >= 0.6 is 0 Å². The van der Waals surface area contributed by atoms with Crippen molar-refractivity contribution in [2.24, 2.45) is 11.3 Å². The van der Waals surface area contributed by atoms with E-state index in [1.54, 1.807) is 6.26 Å². The van der Waals surface area contributed by atoms with Gasteiger partial charge in [-0.25, -0.2) is 18.4 Å². The lowest BCUT2D eigenvalue weighted by Crippen LogP contribution is -2.64. The van der Waals surface area contributed by atoms with E-state index in [0.717, 1.165) is 37.0 Å². The van der Waals surface area contributed by atoms with Crippen molar-refractivity contribution in [2.45, 2.75) is 109 Å². The maximum atomic E-state index is 13.9. The number of nitrogens with zero attached hydrogens (tertiary/aromatic N) is 3. The summed E-state index contributed by atoms with van der Waals surface area (Å²) >= 11 is 0. The third-order valence-electron chi connectivity index (χ3n) is 10.4. The van der Waals surface area contributed by atoms with E-state index in [0.29, 0.717) is 43.5 Å². The Kier molecular flexibility index (Phi) is 8.30. The van der Waals surface area contributed by atoms with Gasteiger partial charge in [0, 0.05) is 37.7 Å². The topological polar surface area (TPSA) is 122 Å². The van der Waals surface area contributed by atoms with Gasteiger partial charge in [0.25, 0.3) is 0 Å². The molecule has 2 aromatic heterocycles. The van der Waals surface area contributed by atoms with Gasteiger partial charge >= 0.3 is 0 Å². The Labute approximate surface area is 260 Å². The molecular weight excluding hydrogens is 576 g/mol. The summed E-state index contributed by atoms with van der Waals surface area (Å²) in [7, 11) is -3.58. The lowest BCUT2D eigenvalue weighted by Gasteiger charge is -2.40. The summed E-state index contributed by atoms with van der Waals surface area (Å²) in [5.41, 5.74) is 6.11. The van der Waals surface area contributed by atoms with Crippen molar-refractivity contribution in [2.75, 3.05) is 13.2 Å². The van der Waals surface area contributed by atoms with Crippen molar-refractivity contribution in [3.05, 3.63) is 59.1 Å². The van der Waals surface area contributed by atoms with Gasteiger partial charge < -0.3 is 9.15 Å². The summed E-state index contributed by atoms with van der Waals surface area (Å²) in [6.07, 6.45) is 9.97. The van der Waals surface area contributed by atoms with Crippen molar-refractivity contribution >= 4 is 21.3 Å². The predicted octanol–water partition coefficient (Wildman–Crippen LogP) is 4.64. The van der Waals surface area contributed by atoms with Crippen LogP contribution in [-0.2, 0) is 21.3 Å². The zero-order chi connectivity index (χ0) is 30.5. The molecule has 2 aliphatic heterocycles. The quantitative estimate of drug-likeness (QED) is 0.374. The molecule has 0 radical (unpaired) electrons. The van der Waals surface area contributed by atoms with Crippen LogP contribution in [0.5, 0.6) is 0 Å². The second kappa shape index (κ2) is 12.1. The van der Waals surface area contributed by atoms with E-state index in [1.165, 1.54) is 29.5 Å².